The fraction of sp³-hybridized carbons (Fsp3) is 0.0909. The Morgan fingerprint density at radius 1 is 0.607 bits per heavy atom. The minimum absolute atomic E-state index is 0.107. The second-order valence-corrected chi connectivity index (χ2v) is 6.49. The van der Waals surface area contributed by atoms with Crippen molar-refractivity contribution in [2.24, 2.45) is 0 Å². The third kappa shape index (κ3) is 2.91. The molecule has 28 heavy (non-hydrogen) atoms. The van der Waals surface area contributed by atoms with Gasteiger partial charge in [-0.15, -0.1) is 0 Å². The quantitative estimate of drug-likeness (QED) is 0.383. The molecule has 0 radical (unpaired) electrons. The Balaban J connectivity index is 1.88. The zero-order valence-electron chi connectivity index (χ0n) is 14.9. The Labute approximate surface area is 159 Å². The predicted molar refractivity (Wildman–Crippen MR) is 98.9 cm³/mol. The van der Waals surface area contributed by atoms with E-state index in [9.17, 15) is 8.78 Å². The lowest BCUT2D eigenvalue weighted by molar-refractivity contribution is 0.512. The number of rotatable bonds is 4. The van der Waals surface area contributed by atoms with Gasteiger partial charge in [0.15, 0.2) is 11.6 Å². The molecule has 0 saturated carbocycles. The molecule has 0 bridgehead atoms. The highest BCUT2D eigenvalue weighted by Gasteiger charge is 2.27. The molecular weight excluding hydrogens is 368 g/mol. The molecule has 0 fully saturated rings. The van der Waals surface area contributed by atoms with Crippen molar-refractivity contribution in [3.8, 4) is 11.4 Å². The SMILES string of the molecule is CC(c1c(F)ccc(-n2cccc2)c1F)c1c(F)ccc(-n2cccc2)c1F. The molecule has 4 rings (SSSR count). The van der Waals surface area contributed by atoms with E-state index in [1.165, 1.54) is 28.2 Å². The summed E-state index contributed by atoms with van der Waals surface area (Å²) in [7, 11) is 0. The van der Waals surface area contributed by atoms with Crippen LogP contribution >= 0.6 is 0 Å². The zero-order valence-corrected chi connectivity index (χ0v) is 14.9. The molecule has 0 amide bonds. The normalized spacial score (nSPS) is 11.4. The topological polar surface area (TPSA) is 9.86 Å². The summed E-state index contributed by atoms with van der Waals surface area (Å²) in [6.07, 6.45) is 6.44. The first-order chi connectivity index (χ1) is 13.5. The van der Waals surface area contributed by atoms with Crippen LogP contribution in [-0.4, -0.2) is 9.13 Å². The molecular formula is C22H16F4N2. The molecule has 0 saturated heterocycles. The average molecular weight is 384 g/mol. The highest BCUT2D eigenvalue weighted by molar-refractivity contribution is 5.47. The van der Waals surface area contributed by atoms with E-state index in [2.05, 4.69) is 0 Å². The van der Waals surface area contributed by atoms with Crippen LogP contribution in [0.2, 0.25) is 0 Å². The molecule has 0 aliphatic heterocycles. The number of hydrogen-bond acceptors (Lipinski definition) is 0. The standard InChI is InChI=1S/C22H16F4N2/c1-14(19-15(23)6-8-17(21(19)25)27-10-2-3-11-27)20-16(24)7-9-18(22(20)26)28-12-4-5-13-28/h2-14H,1H3. The molecule has 0 spiro atoms. The molecule has 142 valence electrons. The minimum Gasteiger partial charge on any atom is -0.321 e. The van der Waals surface area contributed by atoms with Crippen molar-refractivity contribution in [2.75, 3.05) is 0 Å². The summed E-state index contributed by atoms with van der Waals surface area (Å²) in [5, 5.41) is 0. The summed E-state index contributed by atoms with van der Waals surface area (Å²) in [6.45, 7) is 1.39. The summed E-state index contributed by atoms with van der Waals surface area (Å²) < 4.78 is 62.4. The van der Waals surface area contributed by atoms with Crippen LogP contribution in [0.1, 0.15) is 24.0 Å². The van der Waals surface area contributed by atoms with Crippen LogP contribution < -0.4 is 0 Å². The maximum Gasteiger partial charge on any atom is 0.153 e. The lowest BCUT2D eigenvalue weighted by Gasteiger charge is -2.19. The van der Waals surface area contributed by atoms with E-state index in [1.807, 2.05) is 0 Å². The molecule has 2 aromatic heterocycles. The molecule has 0 aliphatic carbocycles. The van der Waals surface area contributed by atoms with Gasteiger partial charge < -0.3 is 9.13 Å². The Hall–Kier alpha value is -3.28. The summed E-state index contributed by atoms with van der Waals surface area (Å²) in [5.41, 5.74) is -0.548. The molecule has 2 heterocycles. The summed E-state index contributed by atoms with van der Waals surface area (Å²) in [4.78, 5) is 0. The van der Waals surface area contributed by atoms with Crippen molar-refractivity contribution in [3.63, 3.8) is 0 Å². The average Bonchev–Trinajstić information content (AvgIpc) is 3.36. The molecule has 2 aromatic carbocycles. The van der Waals surface area contributed by atoms with Crippen LogP contribution in [0.3, 0.4) is 0 Å². The molecule has 0 N–H and O–H groups in total. The first kappa shape index (κ1) is 18.1. The second kappa shape index (κ2) is 7.03. The van der Waals surface area contributed by atoms with Crippen LogP contribution in [0.4, 0.5) is 17.6 Å². The highest BCUT2D eigenvalue weighted by atomic mass is 19.1. The fourth-order valence-corrected chi connectivity index (χ4v) is 3.44. The summed E-state index contributed by atoms with van der Waals surface area (Å²) >= 11 is 0. The van der Waals surface area contributed by atoms with Gasteiger partial charge in [0.2, 0.25) is 0 Å². The van der Waals surface area contributed by atoms with Gasteiger partial charge in [-0.1, -0.05) is 6.92 Å². The monoisotopic (exact) mass is 384 g/mol. The highest BCUT2D eigenvalue weighted by Crippen LogP contribution is 2.35. The van der Waals surface area contributed by atoms with E-state index < -0.39 is 29.2 Å². The van der Waals surface area contributed by atoms with Gasteiger partial charge in [-0.05, 0) is 48.5 Å². The van der Waals surface area contributed by atoms with Crippen LogP contribution in [0.15, 0.2) is 73.3 Å². The lowest BCUT2D eigenvalue weighted by atomic mass is 9.90. The van der Waals surface area contributed by atoms with Gasteiger partial charge in [0, 0.05) is 41.8 Å². The van der Waals surface area contributed by atoms with Crippen LogP contribution in [-0.2, 0) is 0 Å². The van der Waals surface area contributed by atoms with Gasteiger partial charge in [-0.2, -0.15) is 0 Å². The molecule has 6 heteroatoms. The Kier molecular flexibility index (Phi) is 4.55. The second-order valence-electron chi connectivity index (χ2n) is 6.49. The van der Waals surface area contributed by atoms with Gasteiger partial charge in [-0.3, -0.25) is 0 Å². The van der Waals surface area contributed by atoms with Crippen LogP contribution in [0, 0.1) is 23.3 Å². The third-order valence-corrected chi connectivity index (χ3v) is 4.84. The number of nitrogens with zero attached hydrogens (tertiary/aromatic N) is 2. The molecule has 2 nitrogen and oxygen atoms in total. The summed E-state index contributed by atoms with van der Waals surface area (Å²) in [6, 6.07) is 11.6. The summed E-state index contributed by atoms with van der Waals surface area (Å²) in [5.74, 6) is -4.59. The van der Waals surface area contributed by atoms with Gasteiger partial charge in [-0.25, -0.2) is 17.6 Å². The van der Waals surface area contributed by atoms with Crippen molar-refractivity contribution in [1.29, 1.82) is 0 Å². The minimum atomic E-state index is -1.17. The Bertz CT molecular complexity index is 1030. The largest absolute Gasteiger partial charge is 0.321 e. The van der Waals surface area contributed by atoms with E-state index in [4.69, 9.17) is 0 Å². The molecule has 0 aliphatic rings. The molecule has 4 aromatic rings. The van der Waals surface area contributed by atoms with Crippen molar-refractivity contribution >= 4 is 0 Å². The zero-order chi connectivity index (χ0) is 19.8. The Morgan fingerprint density at radius 2 is 0.964 bits per heavy atom. The molecule has 0 unspecified atom stereocenters. The maximum absolute atomic E-state index is 15.2. The third-order valence-electron chi connectivity index (χ3n) is 4.84. The van der Waals surface area contributed by atoms with Crippen molar-refractivity contribution < 1.29 is 17.6 Å². The predicted octanol–water partition coefficient (Wildman–Crippen LogP) is 5.98. The Morgan fingerprint density at radius 3 is 1.32 bits per heavy atom. The van der Waals surface area contributed by atoms with E-state index >= 15 is 8.78 Å². The van der Waals surface area contributed by atoms with Gasteiger partial charge in [0.1, 0.15) is 11.6 Å². The fourth-order valence-electron chi connectivity index (χ4n) is 3.44. The number of halogens is 4. The lowest BCUT2D eigenvalue weighted by Crippen LogP contribution is -2.11. The van der Waals surface area contributed by atoms with E-state index in [0.717, 1.165) is 12.1 Å². The van der Waals surface area contributed by atoms with Gasteiger partial charge in [0.25, 0.3) is 0 Å². The maximum atomic E-state index is 15.2. The number of hydrogen-bond donors (Lipinski definition) is 0. The van der Waals surface area contributed by atoms with Crippen molar-refractivity contribution in [1.82, 2.24) is 9.13 Å². The first-order valence-corrected chi connectivity index (χ1v) is 8.71. The number of benzene rings is 2. The van der Waals surface area contributed by atoms with Crippen LogP contribution in [0.5, 0.6) is 0 Å². The van der Waals surface area contributed by atoms with Gasteiger partial charge in [0.05, 0.1) is 11.4 Å². The van der Waals surface area contributed by atoms with E-state index in [0.29, 0.717) is 0 Å². The molecule has 0 atom stereocenters. The van der Waals surface area contributed by atoms with Crippen molar-refractivity contribution in [2.45, 2.75) is 12.8 Å². The van der Waals surface area contributed by atoms with E-state index in [1.54, 1.807) is 49.1 Å². The van der Waals surface area contributed by atoms with Crippen molar-refractivity contribution in [3.05, 3.63) is 108 Å². The van der Waals surface area contributed by atoms with E-state index in [-0.39, 0.29) is 22.5 Å². The number of aromatic nitrogens is 2. The smallest absolute Gasteiger partial charge is 0.153 e. The van der Waals surface area contributed by atoms with Crippen LogP contribution in [0.25, 0.3) is 11.4 Å². The van der Waals surface area contributed by atoms with Gasteiger partial charge >= 0.3 is 0 Å². The first-order valence-electron chi connectivity index (χ1n) is 8.71.